The van der Waals surface area contributed by atoms with E-state index in [1.54, 1.807) is 7.11 Å². The molecule has 1 saturated heterocycles. The Kier molecular flexibility index (Phi) is 3.21. The molecule has 2 aromatic heterocycles. The minimum absolute atomic E-state index is 0.349. The van der Waals surface area contributed by atoms with E-state index in [1.807, 2.05) is 22.7 Å². The number of nitrogens with zero attached hydrogens (tertiary/aromatic N) is 2. The number of methoxy groups -OCH3 is 1. The zero-order valence-electron chi connectivity index (χ0n) is 10.9. The highest BCUT2D eigenvalue weighted by molar-refractivity contribution is 5.84. The summed E-state index contributed by atoms with van der Waals surface area (Å²) in [5.74, 6) is 2.07. The maximum absolute atomic E-state index is 11.1. The number of aldehydes is 1. The topological polar surface area (TPSA) is 55.6 Å². The second-order valence-corrected chi connectivity index (χ2v) is 4.84. The third-order valence-electron chi connectivity index (χ3n) is 3.67. The minimum atomic E-state index is 0.349. The minimum Gasteiger partial charge on any atom is -0.495 e. The van der Waals surface area contributed by atoms with Crippen molar-refractivity contribution in [2.45, 2.75) is 18.8 Å². The van der Waals surface area contributed by atoms with Gasteiger partial charge < -0.3 is 10.1 Å². The first-order valence-corrected chi connectivity index (χ1v) is 6.55. The van der Waals surface area contributed by atoms with E-state index in [0.717, 1.165) is 49.3 Å². The van der Waals surface area contributed by atoms with E-state index in [0.29, 0.717) is 11.6 Å². The molecule has 0 saturated carbocycles. The summed E-state index contributed by atoms with van der Waals surface area (Å²) in [6.07, 6.45) is 4.96. The Morgan fingerprint density at radius 3 is 3.11 bits per heavy atom. The van der Waals surface area contributed by atoms with Gasteiger partial charge in [0.05, 0.1) is 18.8 Å². The molecule has 1 aliphatic heterocycles. The van der Waals surface area contributed by atoms with Crippen molar-refractivity contribution in [3.8, 4) is 5.75 Å². The molecule has 2 aromatic rings. The van der Waals surface area contributed by atoms with Crippen molar-refractivity contribution in [3.63, 3.8) is 0 Å². The Hall–Kier alpha value is -1.88. The number of nitrogens with one attached hydrogen (secondary N) is 1. The van der Waals surface area contributed by atoms with Gasteiger partial charge in [0.15, 0.2) is 6.29 Å². The molecule has 1 aliphatic rings. The third-order valence-corrected chi connectivity index (χ3v) is 3.67. The molecule has 0 aliphatic carbocycles. The second kappa shape index (κ2) is 5.01. The largest absolute Gasteiger partial charge is 0.495 e. The standard InChI is InChI=1S/C14H17N3O2/c1-19-11-4-5-13-12(9-18)16-14(17(13)8-11)10-3-2-6-15-7-10/h4-5,8-10,15H,2-3,6-7H2,1H3. The number of aromatic nitrogens is 2. The number of hydrogen-bond donors (Lipinski definition) is 1. The van der Waals surface area contributed by atoms with E-state index in [-0.39, 0.29) is 0 Å². The molecule has 1 unspecified atom stereocenters. The maximum Gasteiger partial charge on any atom is 0.170 e. The van der Waals surface area contributed by atoms with Crippen LogP contribution in [0.4, 0.5) is 0 Å². The Balaban J connectivity index is 2.13. The van der Waals surface area contributed by atoms with E-state index in [9.17, 15) is 4.79 Å². The Morgan fingerprint density at radius 1 is 1.53 bits per heavy atom. The van der Waals surface area contributed by atoms with Gasteiger partial charge in [-0.15, -0.1) is 0 Å². The van der Waals surface area contributed by atoms with Gasteiger partial charge in [-0.3, -0.25) is 9.20 Å². The second-order valence-electron chi connectivity index (χ2n) is 4.84. The molecule has 1 N–H and O–H groups in total. The van der Waals surface area contributed by atoms with E-state index in [4.69, 9.17) is 4.74 Å². The van der Waals surface area contributed by atoms with Gasteiger partial charge in [-0.2, -0.15) is 0 Å². The molecule has 5 nitrogen and oxygen atoms in total. The summed E-state index contributed by atoms with van der Waals surface area (Å²) in [5.41, 5.74) is 1.35. The van der Waals surface area contributed by atoms with E-state index >= 15 is 0 Å². The van der Waals surface area contributed by atoms with Crippen molar-refractivity contribution in [1.82, 2.24) is 14.7 Å². The van der Waals surface area contributed by atoms with Crippen molar-refractivity contribution in [2.75, 3.05) is 20.2 Å². The lowest BCUT2D eigenvalue weighted by molar-refractivity contribution is 0.112. The smallest absolute Gasteiger partial charge is 0.170 e. The number of carbonyl (C=O) groups is 1. The predicted molar refractivity (Wildman–Crippen MR) is 72.0 cm³/mol. The van der Waals surface area contributed by atoms with E-state index < -0.39 is 0 Å². The van der Waals surface area contributed by atoms with E-state index in [1.165, 1.54) is 0 Å². The molecule has 19 heavy (non-hydrogen) atoms. The number of ether oxygens (including phenoxy) is 1. The first kappa shape index (κ1) is 12.2. The average Bonchev–Trinajstić information content (AvgIpc) is 2.86. The fourth-order valence-electron chi connectivity index (χ4n) is 2.68. The van der Waals surface area contributed by atoms with Crippen LogP contribution in [0.15, 0.2) is 18.3 Å². The van der Waals surface area contributed by atoms with Gasteiger partial charge in [0, 0.05) is 12.5 Å². The van der Waals surface area contributed by atoms with Crippen molar-refractivity contribution in [1.29, 1.82) is 0 Å². The lowest BCUT2D eigenvalue weighted by Crippen LogP contribution is -2.29. The van der Waals surface area contributed by atoms with Crippen molar-refractivity contribution in [2.24, 2.45) is 0 Å². The number of imidazole rings is 1. The molecule has 0 radical (unpaired) electrons. The molecule has 100 valence electrons. The molecule has 1 atom stereocenters. The molecule has 0 bridgehead atoms. The van der Waals surface area contributed by atoms with Gasteiger partial charge in [-0.25, -0.2) is 4.98 Å². The Morgan fingerprint density at radius 2 is 2.42 bits per heavy atom. The van der Waals surface area contributed by atoms with Crippen LogP contribution in [0, 0.1) is 0 Å². The number of rotatable bonds is 3. The van der Waals surface area contributed by atoms with Crippen molar-refractivity contribution < 1.29 is 9.53 Å². The van der Waals surface area contributed by atoms with Crippen molar-refractivity contribution in [3.05, 3.63) is 29.8 Å². The van der Waals surface area contributed by atoms with Crippen LogP contribution in [0.25, 0.3) is 5.52 Å². The first-order chi connectivity index (χ1) is 9.33. The number of fused-ring (bicyclic) bond motifs is 1. The predicted octanol–water partition coefficient (Wildman–Crippen LogP) is 1.62. The molecule has 0 spiro atoms. The maximum atomic E-state index is 11.1. The van der Waals surface area contributed by atoms with Crippen molar-refractivity contribution >= 4 is 11.8 Å². The molecular weight excluding hydrogens is 242 g/mol. The number of carbonyl (C=O) groups excluding carboxylic acids is 1. The zero-order chi connectivity index (χ0) is 13.2. The van der Waals surface area contributed by atoms with Gasteiger partial charge in [-0.1, -0.05) is 0 Å². The first-order valence-electron chi connectivity index (χ1n) is 6.55. The number of hydrogen-bond acceptors (Lipinski definition) is 4. The molecule has 5 heteroatoms. The summed E-state index contributed by atoms with van der Waals surface area (Å²) in [7, 11) is 1.64. The molecule has 0 amide bonds. The molecular formula is C14H17N3O2. The summed E-state index contributed by atoms with van der Waals surface area (Å²) in [6.45, 7) is 1.97. The quantitative estimate of drug-likeness (QED) is 0.851. The SMILES string of the molecule is COc1ccc2c(C=O)nc(C3CCCNC3)n2c1. The van der Waals surface area contributed by atoms with Gasteiger partial charge in [0.25, 0.3) is 0 Å². The van der Waals surface area contributed by atoms with Crippen LogP contribution >= 0.6 is 0 Å². The Bertz CT molecular complexity index is 600. The summed E-state index contributed by atoms with van der Waals surface area (Å²) >= 11 is 0. The van der Waals surface area contributed by atoms with Crippen LogP contribution in [0.3, 0.4) is 0 Å². The number of piperidine rings is 1. The molecule has 3 rings (SSSR count). The normalized spacial score (nSPS) is 19.5. The van der Waals surface area contributed by atoms with Gasteiger partial charge in [0.1, 0.15) is 17.3 Å². The van der Waals surface area contributed by atoms with Crippen LogP contribution in [0.2, 0.25) is 0 Å². The summed E-state index contributed by atoms with van der Waals surface area (Å²) in [4.78, 5) is 15.7. The third kappa shape index (κ3) is 2.10. The summed E-state index contributed by atoms with van der Waals surface area (Å²) in [6, 6.07) is 3.74. The lowest BCUT2D eigenvalue weighted by atomic mass is 9.99. The van der Waals surface area contributed by atoms with Gasteiger partial charge >= 0.3 is 0 Å². The van der Waals surface area contributed by atoms with E-state index in [2.05, 4.69) is 10.3 Å². The van der Waals surface area contributed by atoms with Crippen LogP contribution in [-0.2, 0) is 0 Å². The Labute approximate surface area is 111 Å². The lowest BCUT2D eigenvalue weighted by Gasteiger charge is -2.21. The van der Waals surface area contributed by atoms with Gasteiger partial charge in [0.2, 0.25) is 0 Å². The van der Waals surface area contributed by atoms with Crippen LogP contribution < -0.4 is 10.1 Å². The molecule has 3 heterocycles. The van der Waals surface area contributed by atoms with Crippen LogP contribution in [-0.4, -0.2) is 35.9 Å². The monoisotopic (exact) mass is 259 g/mol. The summed E-state index contributed by atoms with van der Waals surface area (Å²) < 4.78 is 7.24. The highest BCUT2D eigenvalue weighted by atomic mass is 16.5. The van der Waals surface area contributed by atoms with Crippen LogP contribution in [0.5, 0.6) is 5.75 Å². The zero-order valence-corrected chi connectivity index (χ0v) is 10.9. The summed E-state index contributed by atoms with van der Waals surface area (Å²) in [5, 5.41) is 3.38. The fourth-order valence-corrected chi connectivity index (χ4v) is 2.68. The van der Waals surface area contributed by atoms with Gasteiger partial charge in [-0.05, 0) is 31.5 Å². The molecule has 0 aromatic carbocycles. The molecule has 1 fully saturated rings. The van der Waals surface area contributed by atoms with Crippen LogP contribution in [0.1, 0.15) is 35.1 Å². The number of pyridine rings is 1. The highest BCUT2D eigenvalue weighted by Crippen LogP contribution is 2.26. The average molecular weight is 259 g/mol. The fraction of sp³-hybridized carbons (Fsp3) is 0.429. The highest BCUT2D eigenvalue weighted by Gasteiger charge is 2.22.